The van der Waals surface area contributed by atoms with Gasteiger partial charge in [-0.05, 0) is 24.6 Å². The van der Waals surface area contributed by atoms with E-state index in [4.69, 9.17) is 9.15 Å². The van der Waals surface area contributed by atoms with E-state index in [1.165, 1.54) is 0 Å². The Morgan fingerprint density at radius 2 is 1.87 bits per heavy atom. The van der Waals surface area contributed by atoms with Crippen LogP contribution in [0.2, 0.25) is 0 Å². The van der Waals surface area contributed by atoms with Crippen molar-refractivity contribution >= 4 is 11.7 Å². The van der Waals surface area contributed by atoms with Crippen LogP contribution in [-0.4, -0.2) is 49.2 Å². The molecule has 1 aliphatic heterocycles. The number of oxazole rings is 1. The monoisotopic (exact) mass is 420 g/mol. The second-order valence-corrected chi connectivity index (χ2v) is 7.68. The quantitative estimate of drug-likeness (QED) is 0.668. The molecule has 1 aromatic heterocycles. The molecule has 7 nitrogen and oxygen atoms in total. The standard InChI is InChI=1S/C24H28N4O3/c1-17(19-7-5-4-6-8-19)26-24(29)28-13-11-27(12-14-28)20-9-10-21(22(15-20)30-3)23-16-25-18(2)31-23/h4-10,15-17H,11-14H2,1-3H3,(H,26,29)/t17-/m1/s1. The Kier molecular flexibility index (Phi) is 6.11. The molecule has 31 heavy (non-hydrogen) atoms. The number of piperazine rings is 1. The lowest BCUT2D eigenvalue weighted by molar-refractivity contribution is 0.191. The van der Waals surface area contributed by atoms with Crippen molar-refractivity contribution in [2.75, 3.05) is 38.2 Å². The van der Waals surface area contributed by atoms with Crippen LogP contribution in [0.4, 0.5) is 10.5 Å². The zero-order valence-corrected chi connectivity index (χ0v) is 18.2. The predicted octanol–water partition coefficient (Wildman–Crippen LogP) is 4.25. The van der Waals surface area contributed by atoms with Crippen molar-refractivity contribution < 1.29 is 13.9 Å². The minimum Gasteiger partial charge on any atom is -0.496 e. The van der Waals surface area contributed by atoms with E-state index >= 15 is 0 Å². The maximum atomic E-state index is 12.7. The lowest BCUT2D eigenvalue weighted by atomic mass is 10.1. The van der Waals surface area contributed by atoms with E-state index < -0.39 is 0 Å². The first-order chi connectivity index (χ1) is 15.0. The number of ether oxygens (including phenoxy) is 1. The van der Waals surface area contributed by atoms with Crippen molar-refractivity contribution in [3.05, 3.63) is 66.2 Å². The molecule has 4 rings (SSSR count). The summed E-state index contributed by atoms with van der Waals surface area (Å²) in [5.41, 5.74) is 3.04. The summed E-state index contributed by atoms with van der Waals surface area (Å²) in [6.07, 6.45) is 1.71. The molecule has 162 valence electrons. The highest BCUT2D eigenvalue weighted by Gasteiger charge is 2.23. The number of hydrogen-bond acceptors (Lipinski definition) is 5. The van der Waals surface area contributed by atoms with Gasteiger partial charge < -0.3 is 24.3 Å². The summed E-state index contributed by atoms with van der Waals surface area (Å²) in [5.74, 6) is 2.05. The maximum Gasteiger partial charge on any atom is 0.317 e. The van der Waals surface area contributed by atoms with Gasteiger partial charge in [-0.2, -0.15) is 0 Å². The number of carbonyl (C=O) groups excluding carboxylic acids is 1. The predicted molar refractivity (Wildman–Crippen MR) is 120 cm³/mol. The van der Waals surface area contributed by atoms with Crippen LogP contribution >= 0.6 is 0 Å². The van der Waals surface area contributed by atoms with Crippen molar-refractivity contribution in [2.24, 2.45) is 0 Å². The highest BCUT2D eigenvalue weighted by Crippen LogP contribution is 2.34. The van der Waals surface area contributed by atoms with E-state index in [2.05, 4.69) is 21.3 Å². The Bertz CT molecular complexity index is 1030. The van der Waals surface area contributed by atoms with Gasteiger partial charge in [0.25, 0.3) is 0 Å². The molecule has 0 saturated carbocycles. The van der Waals surface area contributed by atoms with Gasteiger partial charge in [-0.1, -0.05) is 30.3 Å². The fraction of sp³-hybridized carbons (Fsp3) is 0.333. The Morgan fingerprint density at radius 3 is 2.52 bits per heavy atom. The van der Waals surface area contributed by atoms with Crippen molar-refractivity contribution in [1.82, 2.24) is 15.2 Å². The third-order valence-corrected chi connectivity index (χ3v) is 5.64. The average molecular weight is 421 g/mol. The van der Waals surface area contributed by atoms with Crippen LogP contribution in [0.3, 0.4) is 0 Å². The molecule has 7 heteroatoms. The van der Waals surface area contributed by atoms with E-state index in [9.17, 15) is 4.79 Å². The molecule has 1 saturated heterocycles. The zero-order chi connectivity index (χ0) is 21.8. The van der Waals surface area contributed by atoms with E-state index in [0.717, 1.165) is 35.7 Å². The van der Waals surface area contributed by atoms with E-state index in [1.54, 1.807) is 13.3 Å². The molecule has 2 heterocycles. The molecule has 2 amide bonds. The molecular weight excluding hydrogens is 392 g/mol. The maximum absolute atomic E-state index is 12.7. The van der Waals surface area contributed by atoms with Crippen LogP contribution in [-0.2, 0) is 0 Å². The molecule has 0 spiro atoms. The van der Waals surface area contributed by atoms with Gasteiger partial charge in [0.1, 0.15) is 5.75 Å². The van der Waals surface area contributed by atoms with Crippen LogP contribution in [0, 0.1) is 6.92 Å². The van der Waals surface area contributed by atoms with Crippen molar-refractivity contribution in [2.45, 2.75) is 19.9 Å². The van der Waals surface area contributed by atoms with Crippen LogP contribution in [0.5, 0.6) is 5.75 Å². The summed E-state index contributed by atoms with van der Waals surface area (Å²) in [6.45, 7) is 6.68. The average Bonchev–Trinajstić information content (AvgIpc) is 3.25. The zero-order valence-electron chi connectivity index (χ0n) is 18.2. The third kappa shape index (κ3) is 4.66. The number of rotatable bonds is 5. The Balaban J connectivity index is 1.37. The number of anilines is 1. The van der Waals surface area contributed by atoms with Gasteiger partial charge in [-0.15, -0.1) is 0 Å². The summed E-state index contributed by atoms with van der Waals surface area (Å²) in [6, 6.07) is 16.0. The topological polar surface area (TPSA) is 70.8 Å². The molecule has 0 bridgehead atoms. The number of methoxy groups -OCH3 is 1. The second-order valence-electron chi connectivity index (χ2n) is 7.68. The molecule has 1 aliphatic rings. The number of nitrogens with one attached hydrogen (secondary N) is 1. The molecular formula is C24H28N4O3. The highest BCUT2D eigenvalue weighted by atomic mass is 16.5. The number of hydrogen-bond donors (Lipinski definition) is 1. The lowest BCUT2D eigenvalue weighted by Gasteiger charge is -2.36. The van der Waals surface area contributed by atoms with Gasteiger partial charge in [-0.3, -0.25) is 0 Å². The lowest BCUT2D eigenvalue weighted by Crippen LogP contribution is -2.52. The SMILES string of the molecule is COc1cc(N2CCN(C(=O)N[C@H](C)c3ccccc3)CC2)ccc1-c1cnc(C)o1. The van der Waals surface area contributed by atoms with Crippen molar-refractivity contribution in [1.29, 1.82) is 0 Å². The fourth-order valence-corrected chi connectivity index (χ4v) is 3.84. The Labute approximate surface area is 182 Å². The van der Waals surface area contributed by atoms with E-state index in [-0.39, 0.29) is 12.1 Å². The molecule has 0 radical (unpaired) electrons. The summed E-state index contributed by atoms with van der Waals surface area (Å²) >= 11 is 0. The first-order valence-electron chi connectivity index (χ1n) is 10.5. The van der Waals surface area contributed by atoms with Crippen molar-refractivity contribution in [3.8, 4) is 17.1 Å². The van der Waals surface area contributed by atoms with Crippen LogP contribution in [0.1, 0.15) is 24.4 Å². The van der Waals surface area contributed by atoms with Gasteiger partial charge in [0, 0.05) is 44.9 Å². The van der Waals surface area contributed by atoms with E-state index in [1.807, 2.05) is 61.2 Å². The van der Waals surface area contributed by atoms with E-state index in [0.29, 0.717) is 24.7 Å². The molecule has 1 fully saturated rings. The van der Waals surface area contributed by atoms with Crippen LogP contribution in [0.25, 0.3) is 11.3 Å². The molecule has 3 aromatic rings. The first kappa shape index (κ1) is 20.8. The number of urea groups is 1. The van der Waals surface area contributed by atoms with Gasteiger partial charge in [0.15, 0.2) is 11.7 Å². The number of aryl methyl sites for hydroxylation is 1. The highest BCUT2D eigenvalue weighted by molar-refractivity contribution is 5.75. The first-order valence-corrected chi connectivity index (χ1v) is 10.5. The van der Waals surface area contributed by atoms with Crippen LogP contribution < -0.4 is 15.0 Å². The van der Waals surface area contributed by atoms with Gasteiger partial charge in [0.2, 0.25) is 0 Å². The molecule has 1 atom stereocenters. The number of benzene rings is 2. The third-order valence-electron chi connectivity index (χ3n) is 5.64. The largest absolute Gasteiger partial charge is 0.496 e. The Morgan fingerprint density at radius 1 is 1.13 bits per heavy atom. The van der Waals surface area contributed by atoms with Crippen LogP contribution in [0.15, 0.2) is 59.1 Å². The molecule has 0 unspecified atom stereocenters. The minimum atomic E-state index is -0.0248. The minimum absolute atomic E-state index is 0.0235. The molecule has 1 N–H and O–H groups in total. The van der Waals surface area contributed by atoms with Crippen molar-refractivity contribution in [3.63, 3.8) is 0 Å². The number of carbonyl (C=O) groups is 1. The fourth-order valence-electron chi connectivity index (χ4n) is 3.84. The normalized spacial score (nSPS) is 14.9. The number of amides is 2. The summed E-state index contributed by atoms with van der Waals surface area (Å²) in [7, 11) is 1.65. The molecule has 2 aromatic carbocycles. The summed E-state index contributed by atoms with van der Waals surface area (Å²) in [4.78, 5) is 21.0. The molecule has 0 aliphatic carbocycles. The number of nitrogens with zero attached hydrogens (tertiary/aromatic N) is 3. The smallest absolute Gasteiger partial charge is 0.317 e. The van der Waals surface area contributed by atoms with Gasteiger partial charge in [0.05, 0.1) is 24.9 Å². The van der Waals surface area contributed by atoms with Gasteiger partial charge in [-0.25, -0.2) is 9.78 Å². The second kappa shape index (κ2) is 9.12. The van der Waals surface area contributed by atoms with Gasteiger partial charge >= 0.3 is 6.03 Å². The summed E-state index contributed by atoms with van der Waals surface area (Å²) < 4.78 is 11.2. The Hall–Kier alpha value is -3.48. The number of aromatic nitrogens is 1. The summed E-state index contributed by atoms with van der Waals surface area (Å²) in [5, 5.41) is 3.10.